The van der Waals surface area contributed by atoms with Crippen molar-refractivity contribution in [1.82, 2.24) is 0 Å². The van der Waals surface area contributed by atoms with Crippen molar-refractivity contribution in [3.8, 4) is 5.75 Å². The number of nitrogens with one attached hydrogen (secondary N) is 1. The largest absolute Gasteiger partial charge is 0.491 e. The second-order valence-electron chi connectivity index (χ2n) is 5.51. The fraction of sp³-hybridized carbons (Fsp3) is 0.562. The number of anilines is 1. The van der Waals surface area contributed by atoms with Gasteiger partial charge in [-0.3, -0.25) is 4.99 Å². The molecule has 1 fully saturated rings. The lowest BCUT2D eigenvalue weighted by Crippen LogP contribution is -2.23. The maximum atomic E-state index is 5.88. The maximum absolute atomic E-state index is 5.88. The van der Waals surface area contributed by atoms with Crippen molar-refractivity contribution < 1.29 is 9.47 Å². The highest BCUT2D eigenvalue weighted by molar-refractivity contribution is 14.0. The molecule has 1 unspecified atom stereocenters. The molecule has 1 aliphatic rings. The van der Waals surface area contributed by atoms with E-state index in [9.17, 15) is 0 Å². The molecule has 1 saturated heterocycles. The fourth-order valence-corrected chi connectivity index (χ4v) is 2.28. The van der Waals surface area contributed by atoms with Crippen LogP contribution in [-0.4, -0.2) is 31.3 Å². The molecule has 0 radical (unpaired) electrons. The van der Waals surface area contributed by atoms with Gasteiger partial charge in [0, 0.05) is 18.8 Å². The molecule has 124 valence electrons. The molecule has 6 heteroatoms. The predicted molar refractivity (Wildman–Crippen MR) is 101 cm³/mol. The lowest BCUT2D eigenvalue weighted by Gasteiger charge is -2.11. The van der Waals surface area contributed by atoms with Crippen LogP contribution in [0.4, 0.5) is 5.69 Å². The predicted octanol–water partition coefficient (Wildman–Crippen LogP) is 3.39. The molecule has 2 rings (SSSR count). The zero-order valence-electron chi connectivity index (χ0n) is 13.2. The van der Waals surface area contributed by atoms with E-state index in [-0.39, 0.29) is 30.1 Å². The number of halogens is 1. The summed E-state index contributed by atoms with van der Waals surface area (Å²) in [4.78, 5) is 4.33. The first-order valence-electron chi connectivity index (χ1n) is 7.59. The smallest absolute Gasteiger partial charge is 0.193 e. The Labute approximate surface area is 149 Å². The first-order valence-corrected chi connectivity index (χ1v) is 7.59. The monoisotopic (exact) mass is 419 g/mol. The molecule has 0 aromatic heterocycles. The van der Waals surface area contributed by atoms with E-state index in [0.717, 1.165) is 37.3 Å². The standard InChI is InChI=1S/C16H25N3O2.HI/c1-12(2)21-15-7-5-13(6-8-15)19-16(17)18-10-9-14-4-3-11-20-14;/h5-8,12,14H,3-4,9-11H2,1-2H3,(H3,17,18,19);1H. The second kappa shape index (κ2) is 9.89. The average Bonchev–Trinajstić information content (AvgIpc) is 2.93. The first kappa shape index (κ1) is 19.0. The number of hydrogen-bond acceptors (Lipinski definition) is 3. The molecule has 0 saturated carbocycles. The molecule has 0 bridgehead atoms. The second-order valence-corrected chi connectivity index (χ2v) is 5.51. The molecule has 0 amide bonds. The van der Waals surface area contributed by atoms with E-state index in [1.54, 1.807) is 0 Å². The van der Waals surface area contributed by atoms with Crippen LogP contribution < -0.4 is 15.8 Å². The van der Waals surface area contributed by atoms with Crippen molar-refractivity contribution >= 4 is 35.6 Å². The van der Waals surface area contributed by atoms with Gasteiger partial charge in [0.25, 0.3) is 0 Å². The summed E-state index contributed by atoms with van der Waals surface area (Å²) in [6.07, 6.45) is 3.76. The molecule has 1 atom stereocenters. The van der Waals surface area contributed by atoms with E-state index >= 15 is 0 Å². The summed E-state index contributed by atoms with van der Waals surface area (Å²) in [6.45, 7) is 5.58. The average molecular weight is 419 g/mol. The Balaban J connectivity index is 0.00000242. The van der Waals surface area contributed by atoms with Crippen LogP contribution in [0, 0.1) is 0 Å². The quantitative estimate of drug-likeness (QED) is 0.422. The van der Waals surface area contributed by atoms with Crippen LogP contribution in [0.15, 0.2) is 29.3 Å². The van der Waals surface area contributed by atoms with E-state index in [1.165, 1.54) is 0 Å². The SMILES string of the molecule is CC(C)Oc1ccc(NC(N)=NCCC2CCCO2)cc1.I. The van der Waals surface area contributed by atoms with Crippen LogP contribution in [0.3, 0.4) is 0 Å². The first-order chi connectivity index (χ1) is 10.1. The molecule has 1 aromatic rings. The zero-order valence-corrected chi connectivity index (χ0v) is 15.6. The summed E-state index contributed by atoms with van der Waals surface area (Å²) < 4.78 is 11.1. The van der Waals surface area contributed by atoms with Crippen LogP contribution in [0.1, 0.15) is 33.1 Å². The number of rotatable bonds is 6. The van der Waals surface area contributed by atoms with E-state index in [2.05, 4.69) is 10.3 Å². The van der Waals surface area contributed by atoms with Crippen molar-refractivity contribution in [2.45, 2.75) is 45.3 Å². The van der Waals surface area contributed by atoms with Crippen LogP contribution in [0.25, 0.3) is 0 Å². The van der Waals surface area contributed by atoms with Crippen molar-refractivity contribution in [1.29, 1.82) is 0 Å². The third-order valence-electron chi connectivity index (χ3n) is 3.26. The number of benzene rings is 1. The van der Waals surface area contributed by atoms with Gasteiger partial charge in [-0.05, 0) is 57.4 Å². The normalized spacial score (nSPS) is 18.1. The van der Waals surface area contributed by atoms with Gasteiger partial charge in [0.2, 0.25) is 0 Å². The molecule has 0 aliphatic carbocycles. The Bertz CT molecular complexity index is 457. The number of nitrogens with zero attached hydrogens (tertiary/aromatic N) is 1. The summed E-state index contributed by atoms with van der Waals surface area (Å²) >= 11 is 0. The van der Waals surface area contributed by atoms with Gasteiger partial charge in [0.05, 0.1) is 12.2 Å². The summed E-state index contributed by atoms with van der Waals surface area (Å²) in [7, 11) is 0. The molecule has 5 nitrogen and oxygen atoms in total. The van der Waals surface area contributed by atoms with Gasteiger partial charge in [-0.15, -0.1) is 24.0 Å². The minimum Gasteiger partial charge on any atom is -0.491 e. The van der Waals surface area contributed by atoms with Crippen molar-refractivity contribution in [2.24, 2.45) is 10.7 Å². The van der Waals surface area contributed by atoms with E-state index < -0.39 is 0 Å². The molecular formula is C16H26IN3O2. The van der Waals surface area contributed by atoms with E-state index in [1.807, 2.05) is 38.1 Å². The molecular weight excluding hydrogens is 393 g/mol. The minimum absolute atomic E-state index is 0. The zero-order chi connectivity index (χ0) is 15.1. The summed E-state index contributed by atoms with van der Waals surface area (Å²) in [5, 5.41) is 3.08. The number of ether oxygens (including phenoxy) is 2. The van der Waals surface area contributed by atoms with Gasteiger partial charge >= 0.3 is 0 Å². The Morgan fingerprint density at radius 1 is 1.41 bits per heavy atom. The van der Waals surface area contributed by atoms with E-state index in [4.69, 9.17) is 15.2 Å². The Morgan fingerprint density at radius 3 is 2.73 bits per heavy atom. The third-order valence-corrected chi connectivity index (χ3v) is 3.26. The van der Waals surface area contributed by atoms with Crippen molar-refractivity contribution in [3.63, 3.8) is 0 Å². The Hall–Kier alpha value is -1.02. The third kappa shape index (κ3) is 6.83. The lowest BCUT2D eigenvalue weighted by atomic mass is 10.2. The molecule has 3 N–H and O–H groups in total. The van der Waals surface area contributed by atoms with Crippen LogP contribution >= 0.6 is 24.0 Å². The number of hydrogen-bond donors (Lipinski definition) is 2. The van der Waals surface area contributed by atoms with Gasteiger partial charge in [-0.2, -0.15) is 0 Å². The van der Waals surface area contributed by atoms with Gasteiger partial charge in [-0.25, -0.2) is 0 Å². The van der Waals surface area contributed by atoms with Crippen LogP contribution in [-0.2, 0) is 4.74 Å². The Kier molecular flexibility index (Phi) is 8.55. The number of aliphatic imine (C=N–C) groups is 1. The highest BCUT2D eigenvalue weighted by Gasteiger charge is 2.14. The topological polar surface area (TPSA) is 68.9 Å². The minimum atomic E-state index is 0. The summed E-state index contributed by atoms with van der Waals surface area (Å²) in [6, 6.07) is 7.70. The van der Waals surface area contributed by atoms with Gasteiger partial charge in [-0.1, -0.05) is 0 Å². The van der Waals surface area contributed by atoms with Gasteiger partial charge < -0.3 is 20.5 Å². The number of nitrogens with two attached hydrogens (primary N) is 1. The molecule has 1 heterocycles. The Morgan fingerprint density at radius 2 is 2.14 bits per heavy atom. The highest BCUT2D eigenvalue weighted by Crippen LogP contribution is 2.17. The fourth-order valence-electron chi connectivity index (χ4n) is 2.28. The van der Waals surface area contributed by atoms with Crippen LogP contribution in [0.2, 0.25) is 0 Å². The van der Waals surface area contributed by atoms with Crippen molar-refractivity contribution in [3.05, 3.63) is 24.3 Å². The van der Waals surface area contributed by atoms with Gasteiger partial charge in [0.15, 0.2) is 5.96 Å². The van der Waals surface area contributed by atoms with E-state index in [0.29, 0.717) is 18.6 Å². The van der Waals surface area contributed by atoms with Gasteiger partial charge in [0.1, 0.15) is 5.75 Å². The summed E-state index contributed by atoms with van der Waals surface area (Å²) in [5.74, 6) is 1.29. The maximum Gasteiger partial charge on any atom is 0.193 e. The molecule has 1 aliphatic heterocycles. The number of guanidine groups is 1. The highest BCUT2D eigenvalue weighted by atomic mass is 127. The molecule has 1 aromatic carbocycles. The van der Waals surface area contributed by atoms with Crippen molar-refractivity contribution in [2.75, 3.05) is 18.5 Å². The van der Waals surface area contributed by atoms with Crippen LogP contribution in [0.5, 0.6) is 5.75 Å². The summed E-state index contributed by atoms with van der Waals surface area (Å²) in [5.41, 5.74) is 6.78. The lowest BCUT2D eigenvalue weighted by molar-refractivity contribution is 0.106. The molecule has 0 spiro atoms. The molecule has 22 heavy (non-hydrogen) atoms.